The van der Waals surface area contributed by atoms with Gasteiger partial charge in [-0.25, -0.2) is 0 Å². The molecule has 2 atom stereocenters. The molecule has 0 saturated carbocycles. The van der Waals surface area contributed by atoms with E-state index in [1.54, 1.807) is 0 Å². The van der Waals surface area contributed by atoms with Gasteiger partial charge in [-0.3, -0.25) is 0 Å². The van der Waals surface area contributed by atoms with Crippen molar-refractivity contribution in [2.75, 3.05) is 0 Å². The normalized spacial score (nSPS) is 20.2. The lowest BCUT2D eigenvalue weighted by atomic mass is 9.95. The van der Waals surface area contributed by atoms with E-state index in [9.17, 15) is 0 Å². The van der Waals surface area contributed by atoms with Gasteiger partial charge in [-0.1, -0.05) is 30.4 Å². The van der Waals surface area contributed by atoms with Crippen LogP contribution in [0, 0.1) is 17.2 Å². The number of hydrogen-bond acceptors (Lipinski definition) is 2. The average Bonchev–Trinajstić information content (AvgIpc) is 2.39. The number of benzene rings is 1. The number of ether oxygens (including phenoxy) is 1. The number of para-hydroxylation sites is 1. The van der Waals surface area contributed by atoms with E-state index in [0.717, 1.165) is 17.7 Å². The Morgan fingerprint density at radius 1 is 1.35 bits per heavy atom. The van der Waals surface area contributed by atoms with Crippen LogP contribution in [0.1, 0.15) is 13.3 Å². The zero-order valence-corrected chi connectivity index (χ0v) is 9.84. The van der Waals surface area contributed by atoms with Crippen LogP contribution in [0.5, 0.6) is 5.75 Å². The van der Waals surface area contributed by atoms with Crippen LogP contribution in [0.2, 0.25) is 0 Å². The molecule has 2 heteroatoms. The Bertz CT molecular complexity index is 467. The molecule has 1 aliphatic rings. The minimum atomic E-state index is -0.0755. The first-order valence-corrected chi connectivity index (χ1v) is 5.79. The summed E-state index contributed by atoms with van der Waals surface area (Å²) in [4.78, 5) is 0. The maximum absolute atomic E-state index is 8.90. The van der Waals surface area contributed by atoms with Crippen molar-refractivity contribution >= 4 is 0 Å². The Kier molecular flexibility index (Phi) is 3.62. The van der Waals surface area contributed by atoms with E-state index in [0.29, 0.717) is 0 Å². The summed E-state index contributed by atoms with van der Waals surface area (Å²) >= 11 is 0. The molecule has 0 fully saturated rings. The summed E-state index contributed by atoms with van der Waals surface area (Å²) in [6, 6.07) is 12.0. The molecule has 2 nitrogen and oxygen atoms in total. The molecule has 0 radical (unpaired) electrons. The largest absolute Gasteiger partial charge is 0.486 e. The van der Waals surface area contributed by atoms with Gasteiger partial charge in [0.15, 0.2) is 0 Å². The van der Waals surface area contributed by atoms with Crippen molar-refractivity contribution in [1.82, 2.24) is 0 Å². The number of hydrogen-bond donors (Lipinski definition) is 0. The fraction of sp³-hybridized carbons (Fsp3) is 0.267. The molecule has 0 spiro atoms. The average molecular weight is 225 g/mol. The summed E-state index contributed by atoms with van der Waals surface area (Å²) in [5.74, 6) is 0.793. The standard InChI is InChI=1S/C15H15NO/c1-12(11-16)13-6-5-9-15(10-13)17-14-7-3-2-4-8-14/h2-8,10,12,15H,9H2,1H3/t12-,15?/m1/s1. The van der Waals surface area contributed by atoms with Gasteiger partial charge >= 0.3 is 0 Å². The van der Waals surface area contributed by atoms with Gasteiger partial charge < -0.3 is 4.74 Å². The first kappa shape index (κ1) is 11.5. The Morgan fingerprint density at radius 2 is 2.12 bits per heavy atom. The van der Waals surface area contributed by atoms with E-state index in [4.69, 9.17) is 10.00 Å². The van der Waals surface area contributed by atoms with Crippen LogP contribution in [0.4, 0.5) is 0 Å². The lowest BCUT2D eigenvalue weighted by Gasteiger charge is -2.19. The van der Waals surface area contributed by atoms with E-state index in [1.807, 2.05) is 49.4 Å². The van der Waals surface area contributed by atoms with Crippen LogP contribution in [-0.2, 0) is 0 Å². The van der Waals surface area contributed by atoms with Gasteiger partial charge in [0.2, 0.25) is 0 Å². The maximum atomic E-state index is 8.90. The van der Waals surface area contributed by atoms with Crippen LogP contribution >= 0.6 is 0 Å². The molecule has 0 aliphatic heterocycles. The van der Waals surface area contributed by atoms with Crippen LogP contribution in [0.3, 0.4) is 0 Å². The van der Waals surface area contributed by atoms with Gasteiger partial charge in [0.25, 0.3) is 0 Å². The summed E-state index contributed by atoms with van der Waals surface area (Å²) in [7, 11) is 0. The Hall–Kier alpha value is -2.01. The minimum Gasteiger partial charge on any atom is -0.486 e. The Morgan fingerprint density at radius 3 is 2.82 bits per heavy atom. The van der Waals surface area contributed by atoms with Gasteiger partial charge in [0.05, 0.1) is 12.0 Å². The van der Waals surface area contributed by atoms with Crippen molar-refractivity contribution < 1.29 is 4.74 Å². The number of nitriles is 1. The third kappa shape index (κ3) is 2.98. The minimum absolute atomic E-state index is 0.0354. The Labute approximate surface area is 102 Å². The number of nitrogens with zero attached hydrogens (tertiary/aromatic N) is 1. The summed E-state index contributed by atoms with van der Waals surface area (Å²) in [6.45, 7) is 1.90. The van der Waals surface area contributed by atoms with Crippen LogP contribution in [0.15, 0.2) is 54.1 Å². The molecule has 1 aromatic rings. The van der Waals surface area contributed by atoms with Gasteiger partial charge in [-0.15, -0.1) is 0 Å². The summed E-state index contributed by atoms with van der Waals surface area (Å²) in [5.41, 5.74) is 1.04. The van der Waals surface area contributed by atoms with Crippen molar-refractivity contribution in [3.8, 4) is 11.8 Å². The topological polar surface area (TPSA) is 33.0 Å². The Balaban J connectivity index is 2.07. The fourth-order valence-corrected chi connectivity index (χ4v) is 1.80. The smallest absolute Gasteiger partial charge is 0.121 e. The summed E-state index contributed by atoms with van der Waals surface area (Å²) in [5, 5.41) is 8.90. The predicted octanol–water partition coefficient (Wildman–Crippen LogP) is 3.48. The van der Waals surface area contributed by atoms with Crippen molar-refractivity contribution in [1.29, 1.82) is 5.26 Å². The van der Waals surface area contributed by atoms with Crippen molar-refractivity contribution in [3.63, 3.8) is 0 Å². The SMILES string of the molecule is C[C@H](C#N)C1=CC(Oc2ccccc2)CC=C1. The fourth-order valence-electron chi connectivity index (χ4n) is 1.80. The van der Waals surface area contributed by atoms with E-state index in [-0.39, 0.29) is 12.0 Å². The number of rotatable bonds is 3. The van der Waals surface area contributed by atoms with E-state index in [1.165, 1.54) is 0 Å². The van der Waals surface area contributed by atoms with E-state index in [2.05, 4.69) is 12.1 Å². The second kappa shape index (κ2) is 5.36. The zero-order valence-electron chi connectivity index (χ0n) is 9.84. The molecular formula is C15H15NO. The van der Waals surface area contributed by atoms with Crippen LogP contribution < -0.4 is 4.74 Å². The van der Waals surface area contributed by atoms with Crippen molar-refractivity contribution in [2.45, 2.75) is 19.4 Å². The summed E-state index contributed by atoms with van der Waals surface area (Å²) < 4.78 is 5.84. The first-order chi connectivity index (χ1) is 8.29. The molecular weight excluding hydrogens is 210 g/mol. The second-order valence-electron chi connectivity index (χ2n) is 4.12. The molecule has 86 valence electrons. The third-order valence-electron chi connectivity index (χ3n) is 2.78. The summed E-state index contributed by atoms with van der Waals surface area (Å²) in [6.07, 6.45) is 7.01. The van der Waals surface area contributed by atoms with Gasteiger partial charge in [0, 0.05) is 6.42 Å². The first-order valence-electron chi connectivity index (χ1n) is 5.79. The maximum Gasteiger partial charge on any atom is 0.121 e. The molecule has 2 rings (SSSR count). The van der Waals surface area contributed by atoms with Crippen LogP contribution in [0.25, 0.3) is 0 Å². The lowest BCUT2D eigenvalue weighted by Crippen LogP contribution is -2.16. The molecule has 1 aliphatic carbocycles. The second-order valence-corrected chi connectivity index (χ2v) is 4.12. The highest BCUT2D eigenvalue weighted by atomic mass is 16.5. The molecule has 1 unspecified atom stereocenters. The molecule has 0 heterocycles. The third-order valence-corrected chi connectivity index (χ3v) is 2.78. The van der Waals surface area contributed by atoms with Gasteiger partial charge in [-0.05, 0) is 30.7 Å². The molecule has 0 aromatic heterocycles. The molecule has 0 N–H and O–H groups in total. The van der Waals surface area contributed by atoms with Gasteiger partial charge in [-0.2, -0.15) is 5.26 Å². The predicted molar refractivity (Wildman–Crippen MR) is 67.5 cm³/mol. The van der Waals surface area contributed by atoms with Crippen molar-refractivity contribution in [2.24, 2.45) is 5.92 Å². The van der Waals surface area contributed by atoms with Gasteiger partial charge in [0.1, 0.15) is 11.9 Å². The lowest BCUT2D eigenvalue weighted by molar-refractivity contribution is 0.250. The van der Waals surface area contributed by atoms with Crippen molar-refractivity contribution in [3.05, 3.63) is 54.1 Å². The highest BCUT2D eigenvalue weighted by Crippen LogP contribution is 2.21. The quantitative estimate of drug-likeness (QED) is 0.789. The molecule has 0 amide bonds. The molecule has 0 bridgehead atoms. The van der Waals surface area contributed by atoms with E-state index >= 15 is 0 Å². The molecule has 17 heavy (non-hydrogen) atoms. The van der Waals surface area contributed by atoms with E-state index < -0.39 is 0 Å². The highest BCUT2D eigenvalue weighted by molar-refractivity contribution is 5.31. The molecule has 0 saturated heterocycles. The highest BCUT2D eigenvalue weighted by Gasteiger charge is 2.14. The zero-order chi connectivity index (χ0) is 12.1. The number of allylic oxidation sites excluding steroid dienone is 2. The van der Waals surface area contributed by atoms with Crippen LogP contribution in [-0.4, -0.2) is 6.10 Å². The molecule has 1 aromatic carbocycles. The monoisotopic (exact) mass is 225 g/mol.